The summed E-state index contributed by atoms with van der Waals surface area (Å²) in [6.45, 7) is 3.57. The van der Waals surface area contributed by atoms with Gasteiger partial charge in [-0.05, 0) is 61.6 Å². The van der Waals surface area contributed by atoms with E-state index in [0.717, 1.165) is 56.0 Å². The Balaban J connectivity index is 1.70. The number of anilines is 3. The second kappa shape index (κ2) is 7.79. The minimum atomic E-state index is -1.04. The normalized spacial score (nSPS) is 19.4. The monoisotopic (exact) mass is 378 g/mol. The van der Waals surface area contributed by atoms with Gasteiger partial charge in [-0.2, -0.15) is 0 Å². The standard InChI is InChI=1S/C23H27FN4/c1-3-23(9-5-4-6-10-23)19-15-21(27-22(16-19)28-12-7-13-28)26-20-14-18(17(2)24)8-11-25-20/h1,8,11,14-17H,4-7,9-10,12-13H2,2H3,(H,25,26,27). The maximum Gasteiger partial charge on any atom is 0.134 e. The van der Waals surface area contributed by atoms with Gasteiger partial charge >= 0.3 is 0 Å². The number of terminal acetylenes is 1. The predicted octanol–water partition coefficient (Wildman–Crippen LogP) is 5.30. The molecule has 1 aliphatic carbocycles. The van der Waals surface area contributed by atoms with Gasteiger partial charge in [-0.1, -0.05) is 25.2 Å². The van der Waals surface area contributed by atoms with Gasteiger partial charge in [0, 0.05) is 19.3 Å². The number of hydrogen-bond acceptors (Lipinski definition) is 4. The maximum absolute atomic E-state index is 13.7. The summed E-state index contributed by atoms with van der Waals surface area (Å²) >= 11 is 0. The van der Waals surface area contributed by atoms with Gasteiger partial charge in [-0.3, -0.25) is 0 Å². The third-order valence-electron chi connectivity index (χ3n) is 6.03. The van der Waals surface area contributed by atoms with Crippen LogP contribution in [0.3, 0.4) is 0 Å². The second-order valence-corrected chi connectivity index (χ2v) is 7.94. The number of halogens is 1. The van der Waals surface area contributed by atoms with Crippen molar-refractivity contribution in [3.8, 4) is 12.3 Å². The highest BCUT2D eigenvalue weighted by atomic mass is 19.1. The first kappa shape index (κ1) is 18.7. The number of aromatic nitrogens is 2. The summed E-state index contributed by atoms with van der Waals surface area (Å²) in [7, 11) is 0. The van der Waals surface area contributed by atoms with Crippen molar-refractivity contribution >= 4 is 17.5 Å². The van der Waals surface area contributed by atoms with E-state index in [1.165, 1.54) is 19.8 Å². The lowest BCUT2D eigenvalue weighted by Gasteiger charge is -2.36. The van der Waals surface area contributed by atoms with Crippen LogP contribution in [0.25, 0.3) is 0 Å². The highest BCUT2D eigenvalue weighted by Crippen LogP contribution is 2.41. The fourth-order valence-electron chi connectivity index (χ4n) is 4.13. The molecular weight excluding hydrogens is 351 g/mol. The van der Waals surface area contributed by atoms with E-state index in [2.05, 4.69) is 33.3 Å². The fraction of sp³-hybridized carbons (Fsp3) is 0.478. The fourth-order valence-corrected chi connectivity index (χ4v) is 4.13. The minimum Gasteiger partial charge on any atom is -0.356 e. The second-order valence-electron chi connectivity index (χ2n) is 7.94. The molecule has 2 aliphatic rings. The molecule has 0 bridgehead atoms. The van der Waals surface area contributed by atoms with E-state index < -0.39 is 6.17 Å². The topological polar surface area (TPSA) is 41.1 Å². The lowest BCUT2D eigenvalue weighted by molar-refractivity contribution is 0.369. The third kappa shape index (κ3) is 3.69. The van der Waals surface area contributed by atoms with E-state index in [9.17, 15) is 4.39 Å². The van der Waals surface area contributed by atoms with Crippen LogP contribution >= 0.6 is 0 Å². The van der Waals surface area contributed by atoms with E-state index in [4.69, 9.17) is 11.4 Å². The molecule has 0 radical (unpaired) electrons. The summed E-state index contributed by atoms with van der Waals surface area (Å²) in [5.41, 5.74) is 1.54. The van der Waals surface area contributed by atoms with Crippen LogP contribution in [0, 0.1) is 12.3 Å². The van der Waals surface area contributed by atoms with Crippen LogP contribution in [0.5, 0.6) is 0 Å². The lowest BCUT2D eigenvalue weighted by atomic mass is 9.70. The Morgan fingerprint density at radius 2 is 1.93 bits per heavy atom. The van der Waals surface area contributed by atoms with Crippen LogP contribution < -0.4 is 10.2 Å². The largest absolute Gasteiger partial charge is 0.356 e. The highest BCUT2D eigenvalue weighted by Gasteiger charge is 2.33. The number of nitrogens with one attached hydrogen (secondary N) is 1. The summed E-state index contributed by atoms with van der Waals surface area (Å²) in [5.74, 6) is 5.39. The van der Waals surface area contributed by atoms with E-state index in [-0.39, 0.29) is 5.41 Å². The molecule has 1 aliphatic heterocycles. The zero-order valence-electron chi connectivity index (χ0n) is 16.4. The Morgan fingerprint density at radius 3 is 2.57 bits per heavy atom. The van der Waals surface area contributed by atoms with Crippen molar-refractivity contribution < 1.29 is 4.39 Å². The summed E-state index contributed by atoms with van der Waals surface area (Å²) in [6, 6.07) is 7.66. The Bertz CT molecular complexity index is 876. The van der Waals surface area contributed by atoms with Crippen LogP contribution in [-0.2, 0) is 5.41 Å². The summed E-state index contributed by atoms with van der Waals surface area (Å²) in [5, 5.41) is 3.28. The maximum atomic E-state index is 13.7. The summed E-state index contributed by atoms with van der Waals surface area (Å²) < 4.78 is 13.7. The van der Waals surface area contributed by atoms with Gasteiger partial charge in [0.2, 0.25) is 0 Å². The minimum absolute atomic E-state index is 0.222. The van der Waals surface area contributed by atoms with Crippen molar-refractivity contribution in [2.75, 3.05) is 23.3 Å². The van der Waals surface area contributed by atoms with Crippen LogP contribution in [0.2, 0.25) is 0 Å². The molecule has 0 amide bonds. The number of pyridine rings is 2. The molecule has 28 heavy (non-hydrogen) atoms. The van der Waals surface area contributed by atoms with Crippen LogP contribution in [-0.4, -0.2) is 23.1 Å². The van der Waals surface area contributed by atoms with Crippen LogP contribution in [0.1, 0.15) is 62.7 Å². The molecule has 146 valence electrons. The molecule has 1 unspecified atom stereocenters. The first-order valence-corrected chi connectivity index (χ1v) is 10.2. The first-order chi connectivity index (χ1) is 13.6. The van der Waals surface area contributed by atoms with Crippen molar-refractivity contribution in [2.45, 2.75) is 57.0 Å². The van der Waals surface area contributed by atoms with E-state index in [1.54, 1.807) is 18.3 Å². The Hall–Kier alpha value is -2.61. The highest BCUT2D eigenvalue weighted by molar-refractivity contribution is 5.60. The molecule has 1 atom stereocenters. The van der Waals surface area contributed by atoms with Crippen molar-refractivity contribution in [1.29, 1.82) is 0 Å². The lowest BCUT2D eigenvalue weighted by Crippen LogP contribution is -2.38. The number of hydrogen-bond donors (Lipinski definition) is 1. The van der Waals surface area contributed by atoms with Crippen molar-refractivity contribution in [1.82, 2.24) is 9.97 Å². The van der Waals surface area contributed by atoms with Crippen molar-refractivity contribution in [2.24, 2.45) is 0 Å². The average molecular weight is 378 g/mol. The third-order valence-corrected chi connectivity index (χ3v) is 6.03. The zero-order chi connectivity index (χ0) is 19.6. The molecule has 0 aromatic carbocycles. The van der Waals surface area contributed by atoms with Gasteiger partial charge in [0.25, 0.3) is 0 Å². The SMILES string of the molecule is C#CC1(c2cc(Nc3cc(C(C)F)ccn3)nc(N3CCC3)c2)CCCCC1. The summed E-state index contributed by atoms with van der Waals surface area (Å²) in [6.07, 6.45) is 13.4. The number of nitrogens with zero attached hydrogens (tertiary/aromatic N) is 3. The average Bonchev–Trinajstić information content (AvgIpc) is 2.67. The Labute approximate surface area is 166 Å². The van der Waals surface area contributed by atoms with Gasteiger partial charge in [0.05, 0.1) is 5.41 Å². The van der Waals surface area contributed by atoms with Gasteiger partial charge in [-0.25, -0.2) is 14.4 Å². The smallest absolute Gasteiger partial charge is 0.134 e. The van der Waals surface area contributed by atoms with Gasteiger partial charge in [0.1, 0.15) is 23.6 Å². The first-order valence-electron chi connectivity index (χ1n) is 10.2. The molecule has 4 rings (SSSR count). The Morgan fingerprint density at radius 1 is 1.14 bits per heavy atom. The molecular formula is C23H27FN4. The van der Waals surface area contributed by atoms with Gasteiger partial charge < -0.3 is 10.2 Å². The molecule has 5 heteroatoms. The zero-order valence-corrected chi connectivity index (χ0v) is 16.4. The van der Waals surface area contributed by atoms with Crippen LogP contribution in [0.15, 0.2) is 30.5 Å². The van der Waals surface area contributed by atoms with Crippen molar-refractivity contribution in [3.05, 3.63) is 41.6 Å². The molecule has 2 aromatic heterocycles. The Kier molecular flexibility index (Phi) is 5.21. The molecule has 2 fully saturated rings. The van der Waals surface area contributed by atoms with Gasteiger partial charge in [0.15, 0.2) is 0 Å². The molecule has 4 nitrogen and oxygen atoms in total. The summed E-state index contributed by atoms with van der Waals surface area (Å²) in [4.78, 5) is 11.4. The number of alkyl halides is 1. The molecule has 2 aromatic rings. The van der Waals surface area contributed by atoms with Crippen molar-refractivity contribution in [3.63, 3.8) is 0 Å². The predicted molar refractivity (Wildman–Crippen MR) is 112 cm³/mol. The quantitative estimate of drug-likeness (QED) is 0.717. The van der Waals surface area contributed by atoms with E-state index in [1.807, 2.05) is 0 Å². The van der Waals surface area contributed by atoms with Crippen LogP contribution in [0.4, 0.5) is 21.8 Å². The number of rotatable bonds is 5. The van der Waals surface area contributed by atoms with Gasteiger partial charge in [-0.15, -0.1) is 6.42 Å². The van der Waals surface area contributed by atoms with E-state index >= 15 is 0 Å². The molecule has 1 saturated carbocycles. The molecule has 1 saturated heterocycles. The molecule has 0 spiro atoms. The molecule has 1 N–H and O–H groups in total. The van der Waals surface area contributed by atoms with E-state index in [0.29, 0.717) is 11.4 Å². The molecule has 3 heterocycles.